The number of aliphatic hydroxyl groups excluding tert-OH is 1. The van der Waals surface area contributed by atoms with Crippen LogP contribution in [0, 0.1) is 5.92 Å². The second-order valence-electron chi connectivity index (χ2n) is 4.54. The SMILES string of the molecule is C=C(CCO)C1CCN(C(C)C)CC1. The summed E-state index contributed by atoms with van der Waals surface area (Å²) in [6.45, 7) is 11.2. The van der Waals surface area contributed by atoms with E-state index in [1.807, 2.05) is 0 Å². The Morgan fingerprint density at radius 3 is 2.43 bits per heavy atom. The second kappa shape index (κ2) is 5.52. The van der Waals surface area contributed by atoms with Crippen molar-refractivity contribution in [3.05, 3.63) is 12.2 Å². The van der Waals surface area contributed by atoms with Gasteiger partial charge in [-0.1, -0.05) is 12.2 Å². The van der Waals surface area contributed by atoms with Crippen molar-refractivity contribution < 1.29 is 5.11 Å². The predicted molar refractivity (Wildman–Crippen MR) is 60.3 cm³/mol. The van der Waals surface area contributed by atoms with Crippen LogP contribution in [0.2, 0.25) is 0 Å². The summed E-state index contributed by atoms with van der Waals surface area (Å²) >= 11 is 0. The van der Waals surface area contributed by atoms with E-state index in [9.17, 15) is 0 Å². The molecule has 2 heteroatoms. The highest BCUT2D eigenvalue weighted by atomic mass is 16.2. The Hall–Kier alpha value is -0.340. The Labute approximate surface area is 87.6 Å². The van der Waals surface area contributed by atoms with Crippen LogP contribution < -0.4 is 0 Å². The van der Waals surface area contributed by atoms with Crippen LogP contribution in [0.3, 0.4) is 0 Å². The van der Waals surface area contributed by atoms with Gasteiger partial charge in [0.1, 0.15) is 0 Å². The third kappa shape index (κ3) is 3.10. The summed E-state index contributed by atoms with van der Waals surface area (Å²) in [5.74, 6) is 0.650. The lowest BCUT2D eigenvalue weighted by Crippen LogP contribution is -2.38. The lowest BCUT2D eigenvalue weighted by Gasteiger charge is -2.35. The van der Waals surface area contributed by atoms with E-state index in [1.165, 1.54) is 31.5 Å². The Morgan fingerprint density at radius 1 is 1.43 bits per heavy atom. The monoisotopic (exact) mass is 197 g/mol. The average molecular weight is 197 g/mol. The third-order valence-corrected chi connectivity index (χ3v) is 3.27. The van der Waals surface area contributed by atoms with Crippen molar-refractivity contribution >= 4 is 0 Å². The van der Waals surface area contributed by atoms with Gasteiger partial charge in [0.15, 0.2) is 0 Å². The van der Waals surface area contributed by atoms with Gasteiger partial charge in [0.25, 0.3) is 0 Å². The first kappa shape index (κ1) is 11.7. The quantitative estimate of drug-likeness (QED) is 0.697. The highest BCUT2D eigenvalue weighted by Crippen LogP contribution is 2.26. The Balaban J connectivity index is 2.31. The summed E-state index contributed by atoms with van der Waals surface area (Å²) in [4.78, 5) is 2.52. The maximum absolute atomic E-state index is 8.84. The molecule has 0 aromatic heterocycles. The van der Waals surface area contributed by atoms with Gasteiger partial charge in [0.2, 0.25) is 0 Å². The first-order chi connectivity index (χ1) is 6.65. The molecule has 1 N–H and O–H groups in total. The molecular weight excluding hydrogens is 174 g/mol. The molecule has 0 aliphatic carbocycles. The second-order valence-corrected chi connectivity index (χ2v) is 4.54. The molecule has 0 radical (unpaired) electrons. The van der Waals surface area contributed by atoms with Gasteiger partial charge in [-0.05, 0) is 52.1 Å². The van der Waals surface area contributed by atoms with E-state index in [1.54, 1.807) is 0 Å². The number of rotatable bonds is 4. The van der Waals surface area contributed by atoms with Crippen LogP contribution in [-0.4, -0.2) is 35.7 Å². The van der Waals surface area contributed by atoms with Crippen LogP contribution in [0.1, 0.15) is 33.1 Å². The molecule has 1 rings (SSSR count). The van der Waals surface area contributed by atoms with E-state index in [-0.39, 0.29) is 6.61 Å². The van der Waals surface area contributed by atoms with Crippen molar-refractivity contribution in [3.63, 3.8) is 0 Å². The molecular formula is C12H23NO. The first-order valence-corrected chi connectivity index (χ1v) is 5.67. The fourth-order valence-electron chi connectivity index (χ4n) is 2.17. The van der Waals surface area contributed by atoms with Gasteiger partial charge < -0.3 is 10.0 Å². The van der Waals surface area contributed by atoms with Crippen molar-refractivity contribution in [1.82, 2.24) is 4.90 Å². The molecule has 0 unspecified atom stereocenters. The van der Waals surface area contributed by atoms with Crippen LogP contribution in [0.4, 0.5) is 0 Å². The minimum absolute atomic E-state index is 0.253. The number of hydrogen-bond acceptors (Lipinski definition) is 2. The number of nitrogens with zero attached hydrogens (tertiary/aromatic N) is 1. The van der Waals surface area contributed by atoms with Crippen LogP contribution in [0.15, 0.2) is 12.2 Å². The number of aliphatic hydroxyl groups is 1. The normalized spacial score (nSPS) is 20.3. The summed E-state index contributed by atoms with van der Waals surface area (Å²) in [7, 11) is 0. The zero-order valence-electron chi connectivity index (χ0n) is 9.50. The zero-order valence-corrected chi connectivity index (χ0v) is 9.50. The van der Waals surface area contributed by atoms with E-state index in [0.717, 1.165) is 6.42 Å². The van der Waals surface area contributed by atoms with E-state index < -0.39 is 0 Å². The van der Waals surface area contributed by atoms with Gasteiger partial charge in [-0.25, -0.2) is 0 Å². The van der Waals surface area contributed by atoms with Gasteiger partial charge >= 0.3 is 0 Å². The molecule has 0 atom stereocenters. The van der Waals surface area contributed by atoms with E-state index >= 15 is 0 Å². The Kier molecular flexibility index (Phi) is 4.63. The highest BCUT2D eigenvalue weighted by Gasteiger charge is 2.21. The zero-order chi connectivity index (χ0) is 10.6. The van der Waals surface area contributed by atoms with Gasteiger partial charge in [-0.3, -0.25) is 0 Å². The predicted octanol–water partition coefficient (Wildman–Crippen LogP) is 2.05. The highest BCUT2D eigenvalue weighted by molar-refractivity contribution is 5.02. The lowest BCUT2D eigenvalue weighted by atomic mass is 9.88. The molecule has 0 spiro atoms. The third-order valence-electron chi connectivity index (χ3n) is 3.27. The Morgan fingerprint density at radius 2 is 2.00 bits per heavy atom. The van der Waals surface area contributed by atoms with Gasteiger partial charge in [0, 0.05) is 12.6 Å². The maximum Gasteiger partial charge on any atom is 0.0468 e. The molecule has 1 saturated heterocycles. The van der Waals surface area contributed by atoms with Gasteiger partial charge in [0.05, 0.1) is 0 Å². The van der Waals surface area contributed by atoms with Gasteiger partial charge in [-0.15, -0.1) is 0 Å². The topological polar surface area (TPSA) is 23.5 Å². The van der Waals surface area contributed by atoms with Crippen LogP contribution in [-0.2, 0) is 0 Å². The molecule has 82 valence electrons. The molecule has 0 aromatic carbocycles. The van der Waals surface area contributed by atoms with Crippen molar-refractivity contribution in [1.29, 1.82) is 0 Å². The summed E-state index contributed by atoms with van der Waals surface area (Å²) in [6.07, 6.45) is 3.22. The molecule has 1 fully saturated rings. The molecule has 0 aromatic rings. The van der Waals surface area contributed by atoms with Crippen molar-refractivity contribution in [3.8, 4) is 0 Å². The smallest absolute Gasteiger partial charge is 0.0468 e. The largest absolute Gasteiger partial charge is 0.396 e. The standard InChI is InChI=1S/C12H23NO/c1-10(2)13-7-4-12(5-8-13)11(3)6-9-14/h10,12,14H,3-9H2,1-2H3. The molecule has 0 bridgehead atoms. The van der Waals surface area contributed by atoms with Crippen molar-refractivity contribution in [2.75, 3.05) is 19.7 Å². The molecule has 14 heavy (non-hydrogen) atoms. The molecule has 1 heterocycles. The first-order valence-electron chi connectivity index (χ1n) is 5.67. The van der Waals surface area contributed by atoms with E-state index in [2.05, 4.69) is 25.3 Å². The van der Waals surface area contributed by atoms with Crippen molar-refractivity contribution in [2.24, 2.45) is 5.92 Å². The molecule has 0 amide bonds. The summed E-state index contributed by atoms with van der Waals surface area (Å²) < 4.78 is 0. The fraction of sp³-hybridized carbons (Fsp3) is 0.833. The van der Waals surface area contributed by atoms with Gasteiger partial charge in [-0.2, -0.15) is 0 Å². The number of hydrogen-bond donors (Lipinski definition) is 1. The summed E-state index contributed by atoms with van der Waals surface area (Å²) in [6, 6.07) is 0.669. The number of piperidine rings is 1. The molecule has 0 saturated carbocycles. The van der Waals surface area contributed by atoms with E-state index in [4.69, 9.17) is 5.11 Å². The lowest BCUT2D eigenvalue weighted by molar-refractivity contribution is 0.158. The van der Waals surface area contributed by atoms with Crippen LogP contribution >= 0.6 is 0 Å². The minimum atomic E-state index is 0.253. The molecule has 2 nitrogen and oxygen atoms in total. The Bertz CT molecular complexity index is 181. The average Bonchev–Trinajstić information content (AvgIpc) is 2.18. The number of likely N-dealkylation sites (tertiary alicyclic amines) is 1. The maximum atomic E-state index is 8.84. The molecule has 1 aliphatic heterocycles. The molecule has 1 aliphatic rings. The fourth-order valence-corrected chi connectivity index (χ4v) is 2.17. The summed E-state index contributed by atoms with van der Waals surface area (Å²) in [5, 5.41) is 8.84. The summed E-state index contributed by atoms with van der Waals surface area (Å²) in [5.41, 5.74) is 1.25. The van der Waals surface area contributed by atoms with E-state index in [0.29, 0.717) is 12.0 Å². The van der Waals surface area contributed by atoms with Crippen LogP contribution in [0.5, 0.6) is 0 Å². The minimum Gasteiger partial charge on any atom is -0.396 e. The van der Waals surface area contributed by atoms with Crippen molar-refractivity contribution in [2.45, 2.75) is 39.2 Å². The van der Waals surface area contributed by atoms with Crippen LogP contribution in [0.25, 0.3) is 0 Å².